The number of thiophene rings is 1. The van der Waals surface area contributed by atoms with Crippen molar-refractivity contribution in [3.05, 3.63) is 87.4 Å². The van der Waals surface area contributed by atoms with Crippen molar-refractivity contribution in [3.63, 3.8) is 0 Å². The molecule has 0 spiro atoms. The Hall–Kier alpha value is -3.89. The van der Waals surface area contributed by atoms with E-state index < -0.39 is 29.5 Å². The summed E-state index contributed by atoms with van der Waals surface area (Å²) < 4.78 is 13.1. The Labute approximate surface area is 191 Å². The standard InChI is InChI=1S/C23H18FN3O5S/c24-14-5-3-13(4-6-14)12-25-21(29)20-17-8-7-15(10-18(17)22(30)27(32)23(20)31)26-19(28)11-16-2-1-9-33-16/h1-10,20,32H,11-12H2,(H,25,29)(H,26,28). The summed E-state index contributed by atoms with van der Waals surface area (Å²) in [5.74, 6) is -4.99. The van der Waals surface area contributed by atoms with Crippen LogP contribution < -0.4 is 10.6 Å². The second-order valence-corrected chi connectivity index (χ2v) is 8.37. The number of hydrogen-bond donors (Lipinski definition) is 3. The zero-order chi connectivity index (χ0) is 23.5. The normalized spacial score (nSPS) is 15.2. The van der Waals surface area contributed by atoms with E-state index in [2.05, 4.69) is 10.6 Å². The van der Waals surface area contributed by atoms with Crippen LogP contribution in [0, 0.1) is 5.82 Å². The first-order chi connectivity index (χ1) is 15.8. The van der Waals surface area contributed by atoms with Gasteiger partial charge < -0.3 is 10.6 Å². The molecule has 4 amide bonds. The van der Waals surface area contributed by atoms with Gasteiger partial charge in [0.1, 0.15) is 11.7 Å². The molecule has 1 atom stereocenters. The van der Waals surface area contributed by atoms with Crippen molar-refractivity contribution in [2.45, 2.75) is 18.9 Å². The number of rotatable bonds is 6. The number of benzene rings is 2. The number of hydrogen-bond acceptors (Lipinski definition) is 6. The van der Waals surface area contributed by atoms with Crippen molar-refractivity contribution in [1.29, 1.82) is 0 Å². The monoisotopic (exact) mass is 467 g/mol. The van der Waals surface area contributed by atoms with Crippen LogP contribution in [0.2, 0.25) is 0 Å². The molecule has 0 saturated carbocycles. The van der Waals surface area contributed by atoms with E-state index in [4.69, 9.17) is 0 Å². The summed E-state index contributed by atoms with van der Waals surface area (Å²) in [6, 6.07) is 13.3. The SMILES string of the molecule is O=C(Cc1cccs1)Nc1ccc2c(c1)C(=O)N(O)C(=O)C2C(=O)NCc1ccc(F)cc1. The first kappa shape index (κ1) is 22.3. The fourth-order valence-electron chi connectivity index (χ4n) is 3.46. The summed E-state index contributed by atoms with van der Waals surface area (Å²) >= 11 is 1.44. The summed E-state index contributed by atoms with van der Waals surface area (Å²) in [4.78, 5) is 50.9. The fraction of sp³-hybridized carbons (Fsp3) is 0.130. The molecule has 0 radical (unpaired) electrons. The lowest BCUT2D eigenvalue weighted by atomic mass is 9.88. The number of carbonyl (C=O) groups excluding carboxylic acids is 4. The zero-order valence-electron chi connectivity index (χ0n) is 17.1. The minimum Gasteiger partial charge on any atom is -0.351 e. The Morgan fingerprint density at radius 3 is 2.55 bits per heavy atom. The van der Waals surface area contributed by atoms with Crippen LogP contribution in [0.5, 0.6) is 0 Å². The van der Waals surface area contributed by atoms with Gasteiger partial charge in [-0.2, -0.15) is 5.06 Å². The number of nitrogens with one attached hydrogen (secondary N) is 2. The Morgan fingerprint density at radius 1 is 1.09 bits per heavy atom. The predicted molar refractivity (Wildman–Crippen MR) is 117 cm³/mol. The molecule has 1 aromatic heterocycles. The van der Waals surface area contributed by atoms with E-state index in [1.54, 1.807) is 0 Å². The molecule has 0 bridgehead atoms. The van der Waals surface area contributed by atoms with Crippen LogP contribution in [-0.2, 0) is 27.3 Å². The Balaban J connectivity index is 1.53. The molecule has 10 heteroatoms. The van der Waals surface area contributed by atoms with Gasteiger partial charge in [-0.15, -0.1) is 11.3 Å². The molecule has 3 N–H and O–H groups in total. The quantitative estimate of drug-likeness (QED) is 0.293. The average molecular weight is 467 g/mol. The van der Waals surface area contributed by atoms with Crippen molar-refractivity contribution < 1.29 is 28.8 Å². The van der Waals surface area contributed by atoms with Crippen molar-refractivity contribution in [2.24, 2.45) is 0 Å². The van der Waals surface area contributed by atoms with Gasteiger partial charge in [0.2, 0.25) is 11.8 Å². The van der Waals surface area contributed by atoms with E-state index in [0.29, 0.717) is 5.56 Å². The highest BCUT2D eigenvalue weighted by atomic mass is 32.1. The molecule has 1 aliphatic heterocycles. The minimum absolute atomic E-state index is 0.0223. The summed E-state index contributed by atoms with van der Waals surface area (Å²) in [6.07, 6.45) is 0.154. The smallest absolute Gasteiger partial charge is 0.285 e. The maximum absolute atomic E-state index is 13.1. The fourth-order valence-corrected chi connectivity index (χ4v) is 4.17. The summed E-state index contributed by atoms with van der Waals surface area (Å²) in [6.45, 7) is 0.0223. The zero-order valence-corrected chi connectivity index (χ0v) is 17.9. The van der Waals surface area contributed by atoms with Crippen LogP contribution in [0.3, 0.4) is 0 Å². The third-order valence-corrected chi connectivity index (χ3v) is 5.96. The van der Waals surface area contributed by atoms with Gasteiger partial charge in [-0.05, 0) is 46.8 Å². The largest absolute Gasteiger partial charge is 0.351 e. The number of amides is 4. The Morgan fingerprint density at radius 2 is 1.85 bits per heavy atom. The van der Waals surface area contributed by atoms with Crippen molar-refractivity contribution in [2.75, 3.05) is 5.32 Å². The highest BCUT2D eigenvalue weighted by Gasteiger charge is 2.42. The second-order valence-electron chi connectivity index (χ2n) is 7.34. The van der Waals surface area contributed by atoms with E-state index in [9.17, 15) is 28.8 Å². The third kappa shape index (κ3) is 4.81. The minimum atomic E-state index is -1.46. The summed E-state index contributed by atoms with van der Waals surface area (Å²) in [5, 5.41) is 17.0. The number of anilines is 1. The molecular formula is C23H18FN3O5S. The maximum Gasteiger partial charge on any atom is 0.285 e. The van der Waals surface area contributed by atoms with Crippen LogP contribution in [0.25, 0.3) is 0 Å². The van der Waals surface area contributed by atoms with Gasteiger partial charge in [0, 0.05) is 22.7 Å². The topological polar surface area (TPSA) is 116 Å². The van der Waals surface area contributed by atoms with Crippen LogP contribution >= 0.6 is 11.3 Å². The highest BCUT2D eigenvalue weighted by molar-refractivity contribution is 7.10. The Bertz CT molecular complexity index is 1230. The molecule has 8 nitrogen and oxygen atoms in total. The van der Waals surface area contributed by atoms with E-state index in [0.717, 1.165) is 4.88 Å². The van der Waals surface area contributed by atoms with E-state index in [1.807, 2.05) is 17.5 Å². The predicted octanol–water partition coefficient (Wildman–Crippen LogP) is 2.84. The molecule has 2 aromatic carbocycles. The van der Waals surface area contributed by atoms with E-state index >= 15 is 0 Å². The molecule has 2 heterocycles. The van der Waals surface area contributed by atoms with Gasteiger partial charge in [-0.25, -0.2) is 4.39 Å². The lowest BCUT2D eigenvalue weighted by molar-refractivity contribution is -0.159. The number of carbonyl (C=O) groups is 4. The lowest BCUT2D eigenvalue weighted by Gasteiger charge is -2.28. The van der Waals surface area contributed by atoms with Gasteiger partial charge in [-0.3, -0.25) is 24.4 Å². The number of imide groups is 1. The number of halogens is 1. The van der Waals surface area contributed by atoms with Crippen molar-refractivity contribution in [1.82, 2.24) is 10.4 Å². The Kier molecular flexibility index (Phi) is 6.29. The first-order valence-electron chi connectivity index (χ1n) is 9.89. The van der Waals surface area contributed by atoms with Crippen LogP contribution in [0.4, 0.5) is 10.1 Å². The van der Waals surface area contributed by atoms with E-state index in [1.165, 1.54) is 53.8 Å². The molecule has 3 aromatic rings. The van der Waals surface area contributed by atoms with Gasteiger partial charge in [0.25, 0.3) is 11.8 Å². The number of hydroxylamine groups is 2. The summed E-state index contributed by atoms with van der Waals surface area (Å²) in [5.41, 5.74) is 0.932. The molecule has 1 aliphatic rings. The maximum atomic E-state index is 13.1. The molecule has 0 aliphatic carbocycles. The van der Waals surface area contributed by atoms with Gasteiger partial charge in [0.15, 0.2) is 0 Å². The molecule has 4 rings (SSSR count). The summed E-state index contributed by atoms with van der Waals surface area (Å²) in [7, 11) is 0. The van der Waals surface area contributed by atoms with Gasteiger partial charge in [-0.1, -0.05) is 24.3 Å². The third-order valence-electron chi connectivity index (χ3n) is 5.08. The lowest BCUT2D eigenvalue weighted by Crippen LogP contribution is -2.47. The second kappa shape index (κ2) is 9.31. The van der Waals surface area contributed by atoms with Crippen molar-refractivity contribution >= 4 is 40.7 Å². The molecule has 0 fully saturated rings. The molecule has 33 heavy (non-hydrogen) atoms. The average Bonchev–Trinajstić information content (AvgIpc) is 3.30. The van der Waals surface area contributed by atoms with Crippen molar-refractivity contribution in [3.8, 4) is 0 Å². The first-order valence-corrected chi connectivity index (χ1v) is 10.8. The number of fused-ring (bicyclic) bond motifs is 1. The molecule has 168 valence electrons. The van der Waals surface area contributed by atoms with Crippen LogP contribution in [-0.4, -0.2) is 33.9 Å². The van der Waals surface area contributed by atoms with E-state index in [-0.39, 0.29) is 40.8 Å². The molecule has 0 saturated heterocycles. The van der Waals surface area contributed by atoms with Crippen LogP contribution in [0.15, 0.2) is 60.0 Å². The van der Waals surface area contributed by atoms with Gasteiger partial charge in [0.05, 0.1) is 6.42 Å². The molecule has 1 unspecified atom stereocenters. The number of nitrogens with zero attached hydrogens (tertiary/aromatic N) is 1. The highest BCUT2D eigenvalue weighted by Crippen LogP contribution is 2.31. The molecular weight excluding hydrogens is 449 g/mol. The van der Waals surface area contributed by atoms with Crippen LogP contribution in [0.1, 0.15) is 32.3 Å². The van der Waals surface area contributed by atoms with Gasteiger partial charge >= 0.3 is 0 Å².